The van der Waals surface area contributed by atoms with Crippen LogP contribution in [0.4, 0.5) is 5.69 Å². The number of methoxy groups -OCH3 is 1. The smallest absolute Gasteiger partial charge is 0.249 e. The molecule has 0 saturated carbocycles. The molecule has 1 aromatic heterocycles. The summed E-state index contributed by atoms with van der Waals surface area (Å²) in [5.41, 5.74) is 9.66. The molecule has 0 aliphatic carbocycles. The van der Waals surface area contributed by atoms with Crippen molar-refractivity contribution in [1.29, 1.82) is 0 Å². The Kier molecular flexibility index (Phi) is 6.12. The molecule has 4 aromatic rings. The van der Waals surface area contributed by atoms with Crippen molar-refractivity contribution in [3.8, 4) is 5.75 Å². The summed E-state index contributed by atoms with van der Waals surface area (Å²) >= 11 is 0. The van der Waals surface area contributed by atoms with Crippen molar-refractivity contribution in [2.75, 3.05) is 12.0 Å². The predicted molar refractivity (Wildman–Crippen MR) is 125 cm³/mol. The Morgan fingerprint density at radius 1 is 1.00 bits per heavy atom. The van der Waals surface area contributed by atoms with Crippen LogP contribution >= 0.6 is 0 Å². The zero-order chi connectivity index (χ0) is 22.5. The molecule has 0 spiro atoms. The summed E-state index contributed by atoms with van der Waals surface area (Å²) in [6.07, 6.45) is 2.18. The SMILES string of the molecule is COc1ccccc1CN1C(=O)Cc2ccccc21.NC(=O)c1cccc2ncccc12. The molecule has 0 saturated heterocycles. The van der Waals surface area contributed by atoms with Gasteiger partial charge in [0, 0.05) is 28.4 Å². The maximum absolute atomic E-state index is 12.1. The number of primary amides is 1. The Balaban J connectivity index is 0.000000165. The fourth-order valence-corrected chi connectivity index (χ4v) is 3.81. The average molecular weight is 425 g/mol. The van der Waals surface area contributed by atoms with Gasteiger partial charge in [0.1, 0.15) is 5.75 Å². The number of pyridine rings is 1. The lowest BCUT2D eigenvalue weighted by Crippen LogP contribution is -2.26. The Hall–Kier alpha value is -4.19. The van der Waals surface area contributed by atoms with E-state index in [2.05, 4.69) is 4.98 Å². The number of carbonyl (C=O) groups excluding carboxylic acids is 2. The number of fused-ring (bicyclic) bond motifs is 2. The van der Waals surface area contributed by atoms with Crippen molar-refractivity contribution >= 4 is 28.4 Å². The van der Waals surface area contributed by atoms with Gasteiger partial charge in [-0.1, -0.05) is 48.5 Å². The average Bonchev–Trinajstić information content (AvgIpc) is 3.14. The van der Waals surface area contributed by atoms with E-state index in [1.807, 2.05) is 65.6 Å². The molecule has 0 bridgehead atoms. The number of amides is 2. The normalized spacial score (nSPS) is 12.2. The second-order valence-corrected chi connectivity index (χ2v) is 7.34. The molecule has 0 unspecified atom stereocenters. The number of hydrogen-bond acceptors (Lipinski definition) is 4. The molecule has 0 atom stereocenters. The highest BCUT2D eigenvalue weighted by atomic mass is 16.5. The Morgan fingerprint density at radius 3 is 2.59 bits per heavy atom. The maximum atomic E-state index is 12.1. The first-order valence-corrected chi connectivity index (χ1v) is 10.2. The Labute approximate surface area is 186 Å². The summed E-state index contributed by atoms with van der Waals surface area (Å²) in [6, 6.07) is 24.7. The molecular weight excluding hydrogens is 402 g/mol. The first-order chi connectivity index (χ1) is 15.6. The van der Waals surface area contributed by atoms with E-state index in [9.17, 15) is 9.59 Å². The zero-order valence-corrected chi connectivity index (χ0v) is 17.7. The molecule has 0 radical (unpaired) electrons. The molecule has 0 fully saturated rings. The number of benzene rings is 3. The van der Waals surface area contributed by atoms with Crippen LogP contribution in [0.25, 0.3) is 10.9 Å². The first-order valence-electron chi connectivity index (χ1n) is 10.2. The summed E-state index contributed by atoms with van der Waals surface area (Å²) in [5.74, 6) is 0.547. The summed E-state index contributed by atoms with van der Waals surface area (Å²) < 4.78 is 5.34. The summed E-state index contributed by atoms with van der Waals surface area (Å²) in [6.45, 7) is 0.555. The second kappa shape index (κ2) is 9.31. The van der Waals surface area contributed by atoms with E-state index >= 15 is 0 Å². The van der Waals surface area contributed by atoms with Gasteiger partial charge in [0.25, 0.3) is 0 Å². The maximum Gasteiger partial charge on any atom is 0.249 e. The van der Waals surface area contributed by atoms with Crippen molar-refractivity contribution in [3.05, 3.63) is 102 Å². The molecule has 1 aliphatic heterocycles. The lowest BCUT2D eigenvalue weighted by molar-refractivity contribution is -0.117. The quantitative estimate of drug-likeness (QED) is 0.533. The molecule has 32 heavy (non-hydrogen) atoms. The van der Waals surface area contributed by atoms with E-state index in [4.69, 9.17) is 10.5 Å². The lowest BCUT2D eigenvalue weighted by atomic mass is 10.1. The number of carbonyl (C=O) groups is 2. The summed E-state index contributed by atoms with van der Waals surface area (Å²) in [5, 5.41) is 0.803. The minimum absolute atomic E-state index is 0.145. The zero-order valence-electron chi connectivity index (χ0n) is 17.7. The summed E-state index contributed by atoms with van der Waals surface area (Å²) in [7, 11) is 1.65. The molecule has 2 heterocycles. The lowest BCUT2D eigenvalue weighted by Gasteiger charge is -2.19. The minimum atomic E-state index is -0.418. The van der Waals surface area contributed by atoms with Crippen LogP contribution in [0.3, 0.4) is 0 Å². The molecule has 1 aliphatic rings. The van der Waals surface area contributed by atoms with Gasteiger partial charge in [-0.05, 0) is 35.9 Å². The van der Waals surface area contributed by atoms with Crippen molar-refractivity contribution in [3.63, 3.8) is 0 Å². The second-order valence-electron chi connectivity index (χ2n) is 7.34. The van der Waals surface area contributed by atoms with Crippen LogP contribution < -0.4 is 15.4 Å². The highest BCUT2D eigenvalue weighted by Gasteiger charge is 2.27. The third-order valence-corrected chi connectivity index (χ3v) is 5.36. The van der Waals surface area contributed by atoms with Crippen molar-refractivity contribution in [2.24, 2.45) is 5.73 Å². The largest absolute Gasteiger partial charge is 0.496 e. The van der Waals surface area contributed by atoms with Crippen LogP contribution in [0.2, 0.25) is 0 Å². The molecule has 2 N–H and O–H groups in total. The predicted octanol–water partition coefficient (Wildman–Crippen LogP) is 4.12. The molecule has 6 heteroatoms. The van der Waals surface area contributed by atoms with E-state index in [1.54, 1.807) is 31.5 Å². The van der Waals surface area contributed by atoms with Gasteiger partial charge in [-0.15, -0.1) is 0 Å². The number of ether oxygens (including phenoxy) is 1. The molecule has 6 nitrogen and oxygen atoms in total. The monoisotopic (exact) mass is 425 g/mol. The Bertz CT molecular complexity index is 1280. The topological polar surface area (TPSA) is 85.5 Å². The fourth-order valence-electron chi connectivity index (χ4n) is 3.81. The highest BCUT2D eigenvalue weighted by Crippen LogP contribution is 2.31. The number of para-hydroxylation sites is 2. The molecule has 3 aromatic carbocycles. The van der Waals surface area contributed by atoms with Crippen molar-refractivity contribution in [2.45, 2.75) is 13.0 Å². The van der Waals surface area contributed by atoms with Crippen LogP contribution in [0.5, 0.6) is 5.75 Å². The van der Waals surface area contributed by atoms with Gasteiger partial charge >= 0.3 is 0 Å². The third-order valence-electron chi connectivity index (χ3n) is 5.36. The number of nitrogens with zero attached hydrogens (tertiary/aromatic N) is 2. The van der Waals surface area contributed by atoms with Gasteiger partial charge in [0.2, 0.25) is 11.8 Å². The molecule has 5 rings (SSSR count). The third kappa shape index (κ3) is 4.30. The van der Waals surface area contributed by atoms with Gasteiger partial charge in [-0.3, -0.25) is 14.6 Å². The van der Waals surface area contributed by atoms with E-state index in [0.717, 1.165) is 33.5 Å². The van der Waals surface area contributed by atoms with Crippen LogP contribution in [-0.4, -0.2) is 23.9 Å². The number of rotatable bonds is 4. The first kappa shape index (κ1) is 21.1. The fraction of sp³-hybridized carbons (Fsp3) is 0.115. The number of aromatic nitrogens is 1. The van der Waals surface area contributed by atoms with Crippen LogP contribution in [-0.2, 0) is 17.8 Å². The van der Waals surface area contributed by atoms with Gasteiger partial charge < -0.3 is 15.4 Å². The van der Waals surface area contributed by atoms with Crippen molar-refractivity contribution in [1.82, 2.24) is 4.98 Å². The molecular formula is C26H23N3O3. The van der Waals surface area contributed by atoms with E-state index < -0.39 is 5.91 Å². The van der Waals surface area contributed by atoms with Crippen LogP contribution in [0.1, 0.15) is 21.5 Å². The molecule has 2 amide bonds. The van der Waals surface area contributed by atoms with Gasteiger partial charge in [-0.2, -0.15) is 0 Å². The molecule has 160 valence electrons. The Morgan fingerprint density at radius 2 is 1.78 bits per heavy atom. The van der Waals surface area contributed by atoms with E-state index in [-0.39, 0.29) is 5.91 Å². The van der Waals surface area contributed by atoms with Gasteiger partial charge in [0.05, 0.1) is 25.6 Å². The van der Waals surface area contributed by atoms with Crippen LogP contribution in [0.15, 0.2) is 85.1 Å². The van der Waals surface area contributed by atoms with Gasteiger partial charge in [0.15, 0.2) is 0 Å². The number of hydrogen-bond donors (Lipinski definition) is 1. The standard InChI is InChI=1S/C16H15NO2.C10H8N2O/c1-19-15-9-5-3-7-13(15)11-17-14-8-4-2-6-12(14)10-16(17)18;11-10(13)8-3-1-5-9-7(8)4-2-6-12-9/h2-9H,10-11H2,1H3;1-6H,(H2,11,13). The number of nitrogens with two attached hydrogens (primary N) is 1. The highest BCUT2D eigenvalue weighted by molar-refractivity contribution is 6.05. The van der Waals surface area contributed by atoms with Crippen molar-refractivity contribution < 1.29 is 14.3 Å². The minimum Gasteiger partial charge on any atom is -0.496 e. The number of anilines is 1. The van der Waals surface area contributed by atoms with Crippen LogP contribution in [0, 0.1) is 0 Å². The summed E-state index contributed by atoms with van der Waals surface area (Å²) in [4.78, 5) is 29.1. The van der Waals surface area contributed by atoms with E-state index in [1.165, 1.54) is 0 Å². The van der Waals surface area contributed by atoms with Gasteiger partial charge in [-0.25, -0.2) is 0 Å². The van der Waals surface area contributed by atoms with E-state index in [0.29, 0.717) is 18.5 Å².